The maximum atomic E-state index is 13.9. The van der Waals surface area contributed by atoms with Crippen molar-refractivity contribution in [1.82, 2.24) is 15.3 Å². The molecule has 2 unspecified atom stereocenters. The van der Waals surface area contributed by atoms with Crippen LogP contribution in [0.3, 0.4) is 0 Å². The number of imide groups is 1. The molecular weight excluding hydrogens is 458 g/mol. The van der Waals surface area contributed by atoms with E-state index in [9.17, 15) is 24.4 Å². The molecule has 36 heavy (non-hydrogen) atoms. The smallest absolute Gasteiger partial charge is 0.247 e. The van der Waals surface area contributed by atoms with E-state index in [4.69, 9.17) is 0 Å². The minimum Gasteiger partial charge on any atom is -0.342 e. The Balaban J connectivity index is 1.52. The lowest BCUT2D eigenvalue weighted by Crippen LogP contribution is -2.49. The molecular formula is C28H39N3O5. The molecule has 8 nitrogen and oxygen atoms in total. The quantitative estimate of drug-likeness (QED) is 0.293. The van der Waals surface area contributed by atoms with Crippen LogP contribution >= 0.6 is 0 Å². The van der Waals surface area contributed by atoms with Crippen molar-refractivity contribution in [3.05, 3.63) is 35.9 Å². The van der Waals surface area contributed by atoms with Crippen molar-refractivity contribution in [3.8, 4) is 0 Å². The second kappa shape index (κ2) is 11.1. The summed E-state index contributed by atoms with van der Waals surface area (Å²) in [5.74, 6) is -2.16. The normalized spacial score (nSPS) is 27.1. The van der Waals surface area contributed by atoms with Gasteiger partial charge in [-0.2, -0.15) is 0 Å². The van der Waals surface area contributed by atoms with Crippen LogP contribution in [-0.2, 0) is 25.6 Å². The first kappa shape index (κ1) is 26.3. The Labute approximate surface area is 213 Å². The summed E-state index contributed by atoms with van der Waals surface area (Å²) in [6.07, 6.45) is 5.26. The van der Waals surface area contributed by atoms with Gasteiger partial charge in [0.1, 0.15) is 0 Å². The fraction of sp³-hybridized carbons (Fsp3) is 0.643. The van der Waals surface area contributed by atoms with E-state index < -0.39 is 17.2 Å². The van der Waals surface area contributed by atoms with Crippen molar-refractivity contribution in [1.29, 1.82) is 0 Å². The molecule has 4 amide bonds. The van der Waals surface area contributed by atoms with Gasteiger partial charge in [-0.3, -0.25) is 29.3 Å². The van der Waals surface area contributed by atoms with Gasteiger partial charge >= 0.3 is 0 Å². The van der Waals surface area contributed by atoms with Crippen molar-refractivity contribution in [2.24, 2.45) is 29.1 Å². The molecule has 2 heterocycles. The SMILES string of the molecule is CC(C)C[C@@]1([C@@H](CCN2C(=O)C3CCCCC3C2=O)C(=O)NO)CCN(CCc2ccccc2)C1=O. The predicted octanol–water partition coefficient (Wildman–Crippen LogP) is 3.18. The standard InChI is InChI=1S/C28H39N3O5/c1-19(2)18-28(14-17-30(27(28)35)15-12-20-8-4-3-5-9-20)23(24(32)29-36)13-16-31-25(33)21-10-6-7-11-22(21)26(31)34/h3-5,8-9,19,21-23,36H,6-7,10-18H2,1-2H3,(H,29,32)/t21?,22?,23-,28+/m0/s1. The Morgan fingerprint density at radius 1 is 1.06 bits per heavy atom. The number of fused-ring (bicyclic) bond motifs is 1. The molecule has 1 saturated carbocycles. The van der Waals surface area contributed by atoms with Crippen LogP contribution < -0.4 is 5.48 Å². The van der Waals surface area contributed by atoms with Crippen LogP contribution in [0.25, 0.3) is 0 Å². The highest BCUT2D eigenvalue weighted by Gasteiger charge is 2.55. The summed E-state index contributed by atoms with van der Waals surface area (Å²) in [6.45, 7) is 5.24. The maximum Gasteiger partial charge on any atom is 0.247 e. The van der Waals surface area contributed by atoms with Gasteiger partial charge in [0, 0.05) is 19.6 Å². The lowest BCUT2D eigenvalue weighted by atomic mass is 9.67. The molecule has 8 heteroatoms. The van der Waals surface area contributed by atoms with Crippen molar-refractivity contribution in [3.63, 3.8) is 0 Å². The average Bonchev–Trinajstić information content (AvgIpc) is 3.32. The number of nitrogens with zero attached hydrogens (tertiary/aromatic N) is 2. The van der Waals surface area contributed by atoms with Crippen molar-refractivity contribution in [2.75, 3.05) is 19.6 Å². The van der Waals surface area contributed by atoms with E-state index in [1.54, 1.807) is 5.48 Å². The summed E-state index contributed by atoms with van der Waals surface area (Å²) in [4.78, 5) is 56.0. The first-order valence-corrected chi connectivity index (χ1v) is 13.4. The van der Waals surface area contributed by atoms with E-state index in [1.165, 1.54) is 4.90 Å². The lowest BCUT2D eigenvalue weighted by Gasteiger charge is -2.36. The summed E-state index contributed by atoms with van der Waals surface area (Å²) in [5, 5.41) is 9.61. The Hall–Kier alpha value is -2.74. The van der Waals surface area contributed by atoms with Gasteiger partial charge in [0.05, 0.1) is 23.2 Å². The highest BCUT2D eigenvalue weighted by Crippen LogP contribution is 2.47. The summed E-state index contributed by atoms with van der Waals surface area (Å²) in [5.41, 5.74) is 1.95. The Bertz CT molecular complexity index is 957. The molecule has 0 aromatic heterocycles. The molecule has 0 bridgehead atoms. The lowest BCUT2D eigenvalue weighted by molar-refractivity contribution is -0.151. The van der Waals surface area contributed by atoms with E-state index in [-0.39, 0.29) is 48.4 Å². The number of hydrogen-bond acceptors (Lipinski definition) is 5. The van der Waals surface area contributed by atoms with E-state index in [0.717, 1.165) is 37.7 Å². The molecule has 0 spiro atoms. The fourth-order valence-electron chi connectivity index (χ4n) is 6.81. The number of amides is 4. The zero-order valence-corrected chi connectivity index (χ0v) is 21.4. The second-order valence-corrected chi connectivity index (χ2v) is 11.2. The minimum atomic E-state index is -0.976. The van der Waals surface area contributed by atoms with Gasteiger partial charge in [-0.1, -0.05) is 57.0 Å². The molecule has 1 aromatic carbocycles. The monoisotopic (exact) mass is 497 g/mol. The third-order valence-corrected chi connectivity index (χ3v) is 8.49. The molecule has 1 aliphatic carbocycles. The van der Waals surface area contributed by atoms with Gasteiger partial charge in [-0.25, -0.2) is 5.48 Å². The molecule has 4 rings (SSSR count). The molecule has 1 aromatic rings. The summed E-state index contributed by atoms with van der Waals surface area (Å²) in [7, 11) is 0. The number of carbonyl (C=O) groups excluding carboxylic acids is 4. The molecule has 2 N–H and O–H groups in total. The van der Waals surface area contributed by atoms with Crippen molar-refractivity contribution < 1.29 is 24.4 Å². The van der Waals surface area contributed by atoms with Crippen LogP contribution in [0.5, 0.6) is 0 Å². The van der Waals surface area contributed by atoms with Gasteiger partial charge in [0.25, 0.3) is 0 Å². The highest BCUT2D eigenvalue weighted by atomic mass is 16.5. The molecule has 2 saturated heterocycles. The maximum absolute atomic E-state index is 13.9. The van der Waals surface area contributed by atoms with Gasteiger partial charge in [-0.05, 0) is 50.0 Å². The number of hydroxylamine groups is 1. The van der Waals surface area contributed by atoms with Crippen LogP contribution in [0, 0.1) is 29.1 Å². The van der Waals surface area contributed by atoms with Crippen LogP contribution in [0.1, 0.15) is 64.4 Å². The number of rotatable bonds is 10. The Morgan fingerprint density at radius 3 is 2.28 bits per heavy atom. The number of hydrogen-bond donors (Lipinski definition) is 2. The Kier molecular flexibility index (Phi) is 8.13. The van der Waals surface area contributed by atoms with E-state index in [1.807, 2.05) is 49.1 Å². The summed E-state index contributed by atoms with van der Waals surface area (Å²) in [6, 6.07) is 9.98. The topological polar surface area (TPSA) is 107 Å². The van der Waals surface area contributed by atoms with E-state index in [2.05, 4.69) is 0 Å². The first-order valence-electron chi connectivity index (χ1n) is 13.4. The molecule has 196 valence electrons. The summed E-state index contributed by atoms with van der Waals surface area (Å²) < 4.78 is 0. The largest absolute Gasteiger partial charge is 0.342 e. The van der Waals surface area contributed by atoms with Crippen LogP contribution in [0.2, 0.25) is 0 Å². The summed E-state index contributed by atoms with van der Waals surface area (Å²) >= 11 is 0. The minimum absolute atomic E-state index is 0.0755. The number of carbonyl (C=O) groups is 4. The Morgan fingerprint density at radius 2 is 1.69 bits per heavy atom. The van der Waals surface area contributed by atoms with Crippen LogP contribution in [0.4, 0.5) is 0 Å². The van der Waals surface area contributed by atoms with Crippen molar-refractivity contribution >= 4 is 23.6 Å². The number of nitrogens with one attached hydrogen (secondary N) is 1. The van der Waals surface area contributed by atoms with Crippen LogP contribution in [0.15, 0.2) is 30.3 Å². The van der Waals surface area contributed by atoms with Gasteiger partial charge in [0.15, 0.2) is 0 Å². The third kappa shape index (κ3) is 5.05. The molecule has 3 fully saturated rings. The molecule has 4 atom stereocenters. The number of benzene rings is 1. The van der Waals surface area contributed by atoms with Gasteiger partial charge in [0.2, 0.25) is 23.6 Å². The number of likely N-dealkylation sites (tertiary alicyclic amines) is 2. The zero-order chi connectivity index (χ0) is 25.9. The second-order valence-electron chi connectivity index (χ2n) is 11.2. The molecule has 2 aliphatic heterocycles. The van der Waals surface area contributed by atoms with Crippen molar-refractivity contribution in [2.45, 2.75) is 65.2 Å². The average molecular weight is 498 g/mol. The predicted molar refractivity (Wildman–Crippen MR) is 133 cm³/mol. The van der Waals surface area contributed by atoms with E-state index in [0.29, 0.717) is 25.9 Å². The van der Waals surface area contributed by atoms with Gasteiger partial charge < -0.3 is 4.90 Å². The highest BCUT2D eigenvalue weighted by molar-refractivity contribution is 6.05. The first-order chi connectivity index (χ1) is 17.3. The van der Waals surface area contributed by atoms with Gasteiger partial charge in [-0.15, -0.1) is 0 Å². The molecule has 0 radical (unpaired) electrons. The zero-order valence-electron chi connectivity index (χ0n) is 21.4. The fourth-order valence-corrected chi connectivity index (χ4v) is 6.81. The third-order valence-electron chi connectivity index (χ3n) is 8.49. The van der Waals surface area contributed by atoms with E-state index >= 15 is 0 Å². The van der Waals surface area contributed by atoms with Crippen LogP contribution in [-0.4, -0.2) is 58.3 Å². The molecule has 3 aliphatic rings.